The van der Waals surface area contributed by atoms with E-state index in [-0.39, 0.29) is 16.3 Å². The number of benzene rings is 3. The summed E-state index contributed by atoms with van der Waals surface area (Å²) in [6, 6.07) is 14.9. The molecule has 9 heteroatoms. The number of fused-ring (bicyclic) bond motifs is 1. The van der Waals surface area contributed by atoms with Gasteiger partial charge in [0, 0.05) is 17.0 Å². The molecule has 0 saturated heterocycles. The van der Waals surface area contributed by atoms with Crippen LogP contribution in [0.5, 0.6) is 0 Å². The fourth-order valence-electron chi connectivity index (χ4n) is 2.61. The highest BCUT2D eigenvalue weighted by Gasteiger charge is 2.29. The van der Waals surface area contributed by atoms with Gasteiger partial charge < -0.3 is 5.32 Å². The molecule has 0 saturated carbocycles. The van der Waals surface area contributed by atoms with Gasteiger partial charge in [-0.05, 0) is 17.5 Å². The van der Waals surface area contributed by atoms with Gasteiger partial charge in [-0.25, -0.2) is 0 Å². The smallest absolute Gasteiger partial charge is 0.297 e. The molecule has 0 aliphatic heterocycles. The fraction of sp³-hybridized carbons (Fsp3) is 0. The van der Waals surface area contributed by atoms with E-state index in [1.54, 1.807) is 24.3 Å². The van der Waals surface area contributed by atoms with Gasteiger partial charge in [-0.2, -0.15) is 8.42 Å². The molecule has 3 rings (SSSR count). The van der Waals surface area contributed by atoms with Crippen molar-refractivity contribution in [2.45, 2.75) is 4.90 Å². The number of hydrogen-bond donors (Lipinski definition) is 2. The Balaban J connectivity index is 2.30. The minimum absolute atomic E-state index is 0.0592. The Kier molecular flexibility index (Phi) is 4.41. The number of rotatable bonds is 4. The Morgan fingerprint density at radius 3 is 2.27 bits per heavy atom. The first-order valence-corrected chi connectivity index (χ1v) is 8.77. The second-order valence-corrected chi connectivity index (χ2v) is 6.73. The third-order valence-corrected chi connectivity index (χ3v) is 4.65. The summed E-state index contributed by atoms with van der Waals surface area (Å²) < 4.78 is 33.5. The molecule has 0 spiro atoms. The third-order valence-electron chi connectivity index (χ3n) is 3.71. The molecule has 3 aromatic carbocycles. The molecule has 0 bridgehead atoms. The van der Waals surface area contributed by atoms with E-state index in [1.807, 2.05) is 0 Å². The van der Waals surface area contributed by atoms with Crippen LogP contribution in [-0.4, -0.2) is 23.8 Å². The summed E-state index contributed by atoms with van der Waals surface area (Å²) in [5.74, 6) is -0.742. The molecule has 0 radical (unpaired) electrons. The summed E-state index contributed by atoms with van der Waals surface area (Å²) in [5.41, 5.74) is -1.04. The van der Waals surface area contributed by atoms with Gasteiger partial charge in [0.1, 0.15) is 10.6 Å². The summed E-state index contributed by atoms with van der Waals surface area (Å²) in [4.78, 5) is 22.3. The van der Waals surface area contributed by atoms with Gasteiger partial charge in [0.15, 0.2) is 0 Å². The third kappa shape index (κ3) is 3.25. The second kappa shape index (κ2) is 6.54. The van der Waals surface area contributed by atoms with Gasteiger partial charge in [-0.3, -0.25) is 19.5 Å². The van der Waals surface area contributed by atoms with Crippen LogP contribution in [0.2, 0.25) is 0 Å². The van der Waals surface area contributed by atoms with Crippen LogP contribution < -0.4 is 5.32 Å². The molecule has 0 aliphatic carbocycles. The minimum Gasteiger partial charge on any atom is -0.315 e. The van der Waals surface area contributed by atoms with Crippen molar-refractivity contribution in [2.75, 3.05) is 5.32 Å². The molecule has 0 atom stereocenters. The molecule has 26 heavy (non-hydrogen) atoms. The summed E-state index contributed by atoms with van der Waals surface area (Å²) in [6.45, 7) is 0. The first-order valence-electron chi connectivity index (χ1n) is 7.33. The van der Waals surface area contributed by atoms with Crippen LogP contribution in [0.4, 0.5) is 11.4 Å². The Hall–Kier alpha value is -3.30. The number of nitrogens with one attached hydrogen (secondary N) is 1. The van der Waals surface area contributed by atoms with Crippen LogP contribution in [0.15, 0.2) is 65.6 Å². The van der Waals surface area contributed by atoms with E-state index < -0.39 is 37.2 Å². The van der Waals surface area contributed by atoms with Crippen molar-refractivity contribution in [2.24, 2.45) is 0 Å². The molecule has 2 N–H and O–H groups in total. The van der Waals surface area contributed by atoms with E-state index in [0.29, 0.717) is 0 Å². The molecule has 0 unspecified atom stereocenters. The molecule has 3 aromatic rings. The molecule has 8 nitrogen and oxygen atoms in total. The fourth-order valence-corrected chi connectivity index (χ4v) is 3.49. The first-order chi connectivity index (χ1) is 12.3. The van der Waals surface area contributed by atoms with Gasteiger partial charge in [0.25, 0.3) is 21.7 Å². The standard InChI is InChI=1S/C17H12N2O6S/c20-17(11-6-2-1-3-7-11)18-15-14(19(21)22)10-12-8-4-5-9-13(12)16(15)26(23,24)25/h1-10H,(H,18,20)(H,23,24,25). The van der Waals surface area contributed by atoms with Crippen molar-refractivity contribution in [3.05, 3.63) is 76.3 Å². The van der Waals surface area contributed by atoms with E-state index in [4.69, 9.17) is 0 Å². The van der Waals surface area contributed by atoms with E-state index in [2.05, 4.69) is 5.32 Å². The zero-order valence-corrected chi connectivity index (χ0v) is 13.9. The lowest BCUT2D eigenvalue weighted by molar-refractivity contribution is -0.383. The van der Waals surface area contributed by atoms with Gasteiger partial charge in [-0.1, -0.05) is 42.5 Å². The van der Waals surface area contributed by atoms with Gasteiger partial charge >= 0.3 is 0 Å². The predicted molar refractivity (Wildman–Crippen MR) is 94.8 cm³/mol. The first kappa shape index (κ1) is 17.5. The van der Waals surface area contributed by atoms with Crippen LogP contribution in [0.3, 0.4) is 0 Å². The monoisotopic (exact) mass is 372 g/mol. The number of carbonyl (C=O) groups is 1. The lowest BCUT2D eigenvalue weighted by Crippen LogP contribution is -2.16. The average Bonchev–Trinajstić information content (AvgIpc) is 2.60. The highest BCUT2D eigenvalue weighted by atomic mass is 32.2. The largest absolute Gasteiger partial charge is 0.315 e. The van der Waals surface area contributed by atoms with Gasteiger partial charge in [0.2, 0.25) is 0 Å². The van der Waals surface area contributed by atoms with Crippen LogP contribution in [-0.2, 0) is 10.1 Å². The Bertz CT molecular complexity index is 1130. The maximum absolute atomic E-state index is 12.4. The zero-order chi connectivity index (χ0) is 18.9. The number of nitrogens with zero attached hydrogens (tertiary/aromatic N) is 1. The van der Waals surface area contributed by atoms with Crippen molar-refractivity contribution in [3.63, 3.8) is 0 Å². The maximum atomic E-state index is 12.4. The lowest BCUT2D eigenvalue weighted by atomic mass is 10.1. The topological polar surface area (TPSA) is 127 Å². The van der Waals surface area contributed by atoms with Gasteiger partial charge in [-0.15, -0.1) is 0 Å². The van der Waals surface area contributed by atoms with Crippen molar-refractivity contribution < 1.29 is 22.7 Å². The van der Waals surface area contributed by atoms with Crippen molar-refractivity contribution in [1.82, 2.24) is 0 Å². The van der Waals surface area contributed by atoms with Crippen LogP contribution in [0.1, 0.15) is 10.4 Å². The average molecular weight is 372 g/mol. The van der Waals surface area contributed by atoms with Crippen molar-refractivity contribution in [3.8, 4) is 0 Å². The van der Waals surface area contributed by atoms with Crippen LogP contribution >= 0.6 is 0 Å². The summed E-state index contributed by atoms with van der Waals surface area (Å²) in [7, 11) is -4.86. The zero-order valence-electron chi connectivity index (χ0n) is 13.1. The summed E-state index contributed by atoms with van der Waals surface area (Å²) >= 11 is 0. The number of anilines is 1. The number of amides is 1. The van der Waals surface area contributed by atoms with Crippen LogP contribution in [0.25, 0.3) is 10.8 Å². The molecule has 0 aromatic heterocycles. The summed E-state index contributed by atoms with van der Waals surface area (Å²) in [5, 5.41) is 14.0. The molecular formula is C17H12N2O6S. The maximum Gasteiger partial charge on any atom is 0.297 e. The molecule has 132 valence electrons. The highest BCUT2D eigenvalue weighted by Crippen LogP contribution is 2.38. The second-order valence-electron chi connectivity index (χ2n) is 5.37. The van der Waals surface area contributed by atoms with E-state index in [1.165, 1.54) is 30.3 Å². The normalized spacial score (nSPS) is 11.3. The molecule has 0 aliphatic rings. The Morgan fingerprint density at radius 2 is 1.65 bits per heavy atom. The van der Waals surface area contributed by atoms with Crippen LogP contribution in [0, 0.1) is 10.1 Å². The number of nitro groups is 1. The molecule has 0 heterocycles. The quantitative estimate of drug-likeness (QED) is 0.411. The molecule has 0 fully saturated rings. The highest BCUT2D eigenvalue weighted by molar-refractivity contribution is 7.86. The van der Waals surface area contributed by atoms with E-state index >= 15 is 0 Å². The number of nitro benzene ring substituents is 1. The Morgan fingerprint density at radius 1 is 1.04 bits per heavy atom. The molecule has 1 amide bonds. The Labute approximate surface area is 148 Å². The summed E-state index contributed by atoms with van der Waals surface area (Å²) in [6.07, 6.45) is 0. The van der Waals surface area contributed by atoms with Crippen molar-refractivity contribution in [1.29, 1.82) is 0 Å². The number of hydrogen-bond acceptors (Lipinski definition) is 5. The van der Waals surface area contributed by atoms with E-state index in [0.717, 1.165) is 6.07 Å². The number of carbonyl (C=O) groups excluding carboxylic acids is 1. The van der Waals surface area contributed by atoms with Crippen molar-refractivity contribution >= 4 is 38.2 Å². The predicted octanol–water partition coefficient (Wildman–Crippen LogP) is 3.25. The lowest BCUT2D eigenvalue weighted by Gasteiger charge is -2.13. The van der Waals surface area contributed by atoms with E-state index in [9.17, 15) is 27.9 Å². The SMILES string of the molecule is O=C(Nc1c([N+](=O)[O-])cc2ccccc2c1S(=O)(=O)O)c1ccccc1. The minimum atomic E-state index is -4.86. The van der Waals surface area contributed by atoms with Gasteiger partial charge in [0.05, 0.1) is 4.92 Å². The molecular weight excluding hydrogens is 360 g/mol.